The van der Waals surface area contributed by atoms with Crippen molar-refractivity contribution in [3.05, 3.63) is 28.4 Å². The first-order chi connectivity index (χ1) is 6.18. The number of rotatable bonds is 0. The number of fused-ring (bicyclic) bond motifs is 1. The van der Waals surface area contributed by atoms with E-state index < -0.39 is 0 Å². The van der Waals surface area contributed by atoms with Crippen LogP contribution in [0.15, 0.2) is 12.4 Å². The van der Waals surface area contributed by atoms with Crippen LogP contribution >= 0.6 is 23.2 Å². The Kier molecular flexibility index (Phi) is 2.06. The van der Waals surface area contributed by atoms with Crippen LogP contribution in [-0.4, -0.2) is 15.0 Å². The minimum Gasteiger partial charge on any atom is -0.239 e. The summed E-state index contributed by atoms with van der Waals surface area (Å²) in [5.74, 6) is 0. The summed E-state index contributed by atoms with van der Waals surface area (Å²) in [6, 6.07) is 1.81. The zero-order valence-electron chi connectivity index (χ0n) is 6.75. The third-order valence-electron chi connectivity index (χ3n) is 1.66. The summed E-state index contributed by atoms with van der Waals surface area (Å²) < 4.78 is 0. The van der Waals surface area contributed by atoms with Crippen molar-refractivity contribution in [1.82, 2.24) is 15.0 Å². The molecule has 0 atom stereocenters. The van der Waals surface area contributed by atoms with Gasteiger partial charge in [0.25, 0.3) is 0 Å². The standard InChI is InChI=1S/C8H5Cl2N3/c1-4-2-5-6(8(10)13-4)11-3-12-7(5)9/h2-3H,1H3. The van der Waals surface area contributed by atoms with E-state index in [1.807, 2.05) is 13.0 Å². The number of pyridine rings is 1. The van der Waals surface area contributed by atoms with E-state index in [9.17, 15) is 0 Å². The second kappa shape index (κ2) is 3.09. The van der Waals surface area contributed by atoms with Crippen LogP contribution in [0.3, 0.4) is 0 Å². The average molecular weight is 214 g/mol. The van der Waals surface area contributed by atoms with Gasteiger partial charge < -0.3 is 0 Å². The maximum Gasteiger partial charge on any atom is 0.155 e. The van der Waals surface area contributed by atoms with E-state index in [-0.39, 0.29) is 0 Å². The normalized spacial score (nSPS) is 10.7. The van der Waals surface area contributed by atoms with Crippen LogP contribution < -0.4 is 0 Å². The fraction of sp³-hybridized carbons (Fsp3) is 0.125. The highest BCUT2D eigenvalue weighted by atomic mass is 35.5. The van der Waals surface area contributed by atoms with Crippen LogP contribution in [0.25, 0.3) is 10.9 Å². The van der Waals surface area contributed by atoms with Crippen LogP contribution in [0.4, 0.5) is 0 Å². The van der Waals surface area contributed by atoms with Crippen LogP contribution in [0, 0.1) is 6.92 Å². The topological polar surface area (TPSA) is 38.7 Å². The lowest BCUT2D eigenvalue weighted by atomic mass is 10.3. The van der Waals surface area contributed by atoms with Crippen molar-refractivity contribution < 1.29 is 0 Å². The molecule has 3 nitrogen and oxygen atoms in total. The van der Waals surface area contributed by atoms with E-state index >= 15 is 0 Å². The summed E-state index contributed by atoms with van der Waals surface area (Å²) >= 11 is 11.7. The maximum absolute atomic E-state index is 5.87. The molecule has 0 radical (unpaired) electrons. The molecule has 0 fully saturated rings. The quantitative estimate of drug-likeness (QED) is 0.499. The molecule has 0 aromatic carbocycles. The largest absolute Gasteiger partial charge is 0.239 e. The minimum atomic E-state index is 0.360. The van der Waals surface area contributed by atoms with Crippen molar-refractivity contribution in [2.24, 2.45) is 0 Å². The third-order valence-corrected chi connectivity index (χ3v) is 2.22. The van der Waals surface area contributed by atoms with Crippen LogP contribution in [-0.2, 0) is 0 Å². The molecule has 66 valence electrons. The molecule has 0 aliphatic carbocycles. The van der Waals surface area contributed by atoms with Gasteiger partial charge in [0.05, 0.1) is 0 Å². The molecule has 2 aromatic heterocycles. The molecule has 0 saturated heterocycles. The molecular formula is C8H5Cl2N3. The molecule has 0 aliphatic heterocycles. The van der Waals surface area contributed by atoms with Crippen molar-refractivity contribution in [2.45, 2.75) is 6.92 Å². The van der Waals surface area contributed by atoms with E-state index in [1.54, 1.807) is 0 Å². The third kappa shape index (κ3) is 1.45. The molecule has 0 spiro atoms. The highest BCUT2D eigenvalue weighted by Crippen LogP contribution is 2.24. The highest BCUT2D eigenvalue weighted by molar-refractivity contribution is 6.37. The van der Waals surface area contributed by atoms with E-state index in [1.165, 1.54) is 6.33 Å². The summed E-state index contributed by atoms with van der Waals surface area (Å²) in [6.07, 6.45) is 1.37. The SMILES string of the molecule is Cc1cc2c(Cl)ncnc2c(Cl)n1. The van der Waals surface area contributed by atoms with E-state index in [0.29, 0.717) is 15.8 Å². The van der Waals surface area contributed by atoms with Gasteiger partial charge in [-0.1, -0.05) is 23.2 Å². The van der Waals surface area contributed by atoms with Gasteiger partial charge in [0.1, 0.15) is 17.0 Å². The summed E-state index contributed by atoms with van der Waals surface area (Å²) in [5.41, 5.74) is 1.39. The number of hydrogen-bond donors (Lipinski definition) is 0. The van der Waals surface area contributed by atoms with Gasteiger partial charge in [0.2, 0.25) is 0 Å². The molecule has 0 aliphatic rings. The molecule has 0 N–H and O–H groups in total. The number of nitrogens with zero attached hydrogens (tertiary/aromatic N) is 3. The van der Waals surface area contributed by atoms with Gasteiger partial charge in [-0.15, -0.1) is 0 Å². The average Bonchev–Trinajstić information content (AvgIpc) is 2.07. The Hall–Kier alpha value is -0.930. The summed E-state index contributed by atoms with van der Waals surface area (Å²) in [7, 11) is 0. The van der Waals surface area contributed by atoms with Crippen molar-refractivity contribution in [3.8, 4) is 0 Å². The number of halogens is 2. The molecule has 0 bridgehead atoms. The Morgan fingerprint density at radius 3 is 2.69 bits per heavy atom. The Balaban J connectivity index is 2.94. The van der Waals surface area contributed by atoms with Crippen LogP contribution in [0.5, 0.6) is 0 Å². The lowest BCUT2D eigenvalue weighted by Crippen LogP contribution is -1.89. The minimum absolute atomic E-state index is 0.360. The van der Waals surface area contributed by atoms with Gasteiger partial charge in [0.15, 0.2) is 5.15 Å². The molecule has 2 aromatic rings. The van der Waals surface area contributed by atoms with Gasteiger partial charge in [-0.3, -0.25) is 0 Å². The van der Waals surface area contributed by atoms with Crippen molar-refractivity contribution in [3.63, 3.8) is 0 Å². The Bertz CT molecular complexity index is 470. The lowest BCUT2D eigenvalue weighted by molar-refractivity contribution is 1.17. The summed E-state index contributed by atoms with van der Waals surface area (Å²) in [5, 5.41) is 1.50. The molecule has 2 heterocycles. The molecule has 0 unspecified atom stereocenters. The number of aryl methyl sites for hydroxylation is 1. The summed E-state index contributed by atoms with van der Waals surface area (Å²) in [4.78, 5) is 11.9. The van der Waals surface area contributed by atoms with Gasteiger partial charge in [0, 0.05) is 11.1 Å². The Morgan fingerprint density at radius 1 is 1.15 bits per heavy atom. The first-order valence-electron chi connectivity index (χ1n) is 3.62. The van der Waals surface area contributed by atoms with Gasteiger partial charge >= 0.3 is 0 Å². The van der Waals surface area contributed by atoms with Crippen LogP contribution in [0.1, 0.15) is 5.69 Å². The first-order valence-corrected chi connectivity index (χ1v) is 4.37. The van der Waals surface area contributed by atoms with Crippen molar-refractivity contribution in [2.75, 3.05) is 0 Å². The first kappa shape index (κ1) is 8.66. The Morgan fingerprint density at radius 2 is 1.92 bits per heavy atom. The van der Waals surface area contributed by atoms with E-state index in [0.717, 1.165) is 11.1 Å². The zero-order valence-corrected chi connectivity index (χ0v) is 8.26. The van der Waals surface area contributed by atoms with E-state index in [2.05, 4.69) is 15.0 Å². The maximum atomic E-state index is 5.87. The van der Waals surface area contributed by atoms with Crippen LogP contribution in [0.2, 0.25) is 10.3 Å². The van der Waals surface area contributed by atoms with Gasteiger partial charge in [-0.05, 0) is 13.0 Å². The number of aromatic nitrogens is 3. The predicted octanol–water partition coefficient (Wildman–Crippen LogP) is 2.64. The fourth-order valence-corrected chi connectivity index (χ4v) is 1.59. The second-order valence-electron chi connectivity index (χ2n) is 2.62. The predicted molar refractivity (Wildman–Crippen MR) is 52.1 cm³/mol. The smallest absolute Gasteiger partial charge is 0.155 e. The second-order valence-corrected chi connectivity index (χ2v) is 3.33. The van der Waals surface area contributed by atoms with Gasteiger partial charge in [-0.25, -0.2) is 15.0 Å². The molecule has 0 saturated carbocycles. The molecule has 0 amide bonds. The zero-order chi connectivity index (χ0) is 9.42. The fourth-order valence-electron chi connectivity index (χ4n) is 1.12. The molecular weight excluding hydrogens is 209 g/mol. The Labute approximate surface area is 84.7 Å². The number of hydrogen-bond acceptors (Lipinski definition) is 3. The molecule has 5 heteroatoms. The van der Waals surface area contributed by atoms with E-state index in [4.69, 9.17) is 23.2 Å². The summed E-state index contributed by atoms with van der Waals surface area (Å²) in [6.45, 7) is 1.84. The van der Waals surface area contributed by atoms with Gasteiger partial charge in [-0.2, -0.15) is 0 Å². The molecule has 2 rings (SSSR count). The van der Waals surface area contributed by atoms with Crippen molar-refractivity contribution in [1.29, 1.82) is 0 Å². The monoisotopic (exact) mass is 213 g/mol. The molecule has 13 heavy (non-hydrogen) atoms. The highest BCUT2D eigenvalue weighted by Gasteiger charge is 2.06. The lowest BCUT2D eigenvalue weighted by Gasteiger charge is -2.01. The van der Waals surface area contributed by atoms with Crippen molar-refractivity contribution >= 4 is 34.1 Å².